The van der Waals surface area contributed by atoms with Crippen molar-refractivity contribution >= 4 is 27.0 Å². The van der Waals surface area contributed by atoms with E-state index in [1.54, 1.807) is 0 Å². The molecule has 24 heavy (non-hydrogen) atoms. The number of imidazole rings is 1. The van der Waals surface area contributed by atoms with E-state index >= 15 is 0 Å². The van der Waals surface area contributed by atoms with Gasteiger partial charge in [-0.15, -0.1) is 0 Å². The zero-order valence-electron chi connectivity index (χ0n) is 15.1. The van der Waals surface area contributed by atoms with Crippen molar-refractivity contribution in [1.82, 2.24) is 19.4 Å². The van der Waals surface area contributed by atoms with Crippen LogP contribution in [0.2, 0.25) is 0 Å². The number of aryl methyl sites for hydroxylation is 1. The molecule has 1 aliphatic rings. The molecule has 3 rings (SSSR count). The average molecular weight is 393 g/mol. The van der Waals surface area contributed by atoms with Crippen LogP contribution in [0.1, 0.15) is 45.0 Å². The third-order valence-corrected chi connectivity index (χ3v) is 5.60. The minimum atomic E-state index is 0.424. The quantitative estimate of drug-likeness (QED) is 0.757. The van der Waals surface area contributed by atoms with Crippen molar-refractivity contribution in [2.45, 2.75) is 45.7 Å². The smallest absolute Gasteiger partial charge is 0.127 e. The third-order valence-electron chi connectivity index (χ3n) is 5.11. The largest absolute Gasteiger partial charge is 0.327 e. The van der Waals surface area contributed by atoms with Gasteiger partial charge in [0.05, 0.1) is 17.1 Å². The van der Waals surface area contributed by atoms with Crippen molar-refractivity contribution in [1.29, 1.82) is 0 Å². The van der Waals surface area contributed by atoms with E-state index in [1.807, 2.05) is 0 Å². The van der Waals surface area contributed by atoms with Crippen LogP contribution in [0.3, 0.4) is 0 Å². The molecular formula is C19H29BrN4. The molecule has 0 saturated carbocycles. The van der Waals surface area contributed by atoms with Crippen LogP contribution >= 0.6 is 15.9 Å². The molecule has 1 fully saturated rings. The van der Waals surface area contributed by atoms with Crippen LogP contribution in [0.15, 0.2) is 22.7 Å². The van der Waals surface area contributed by atoms with Gasteiger partial charge in [-0.3, -0.25) is 4.90 Å². The van der Waals surface area contributed by atoms with E-state index in [4.69, 9.17) is 4.98 Å². The van der Waals surface area contributed by atoms with Gasteiger partial charge in [0.15, 0.2) is 0 Å². The fourth-order valence-electron chi connectivity index (χ4n) is 3.83. The maximum atomic E-state index is 5.07. The molecule has 2 aromatic rings. The molecule has 0 bridgehead atoms. The van der Waals surface area contributed by atoms with Gasteiger partial charge in [0.25, 0.3) is 0 Å². The summed E-state index contributed by atoms with van der Waals surface area (Å²) in [4.78, 5) is 10.2. The maximum Gasteiger partial charge on any atom is 0.127 e. The standard InChI is InChI=1S/C19H29BrN4/c1-4-7-18(23-11-6-10-22(3)12-13-23)19-21-16-14-15(20)8-9-17(16)24(19)5-2/h8-9,14,18H,4-7,10-13H2,1-3H3. The zero-order chi connectivity index (χ0) is 17.1. The van der Waals surface area contributed by atoms with E-state index in [-0.39, 0.29) is 0 Å². The summed E-state index contributed by atoms with van der Waals surface area (Å²) in [5.74, 6) is 1.25. The second-order valence-corrected chi connectivity index (χ2v) is 7.76. The molecule has 4 nitrogen and oxygen atoms in total. The first-order chi connectivity index (χ1) is 11.6. The molecule has 0 N–H and O–H groups in total. The van der Waals surface area contributed by atoms with Gasteiger partial charge in [0.1, 0.15) is 5.82 Å². The maximum absolute atomic E-state index is 5.07. The Bertz CT molecular complexity index is 681. The Labute approximate surface area is 154 Å². The lowest BCUT2D eigenvalue weighted by Crippen LogP contribution is -2.34. The number of likely N-dealkylation sites (N-methyl/N-ethyl adjacent to an activating group) is 1. The van der Waals surface area contributed by atoms with Gasteiger partial charge < -0.3 is 9.47 Å². The fraction of sp³-hybridized carbons (Fsp3) is 0.632. The summed E-state index contributed by atoms with van der Waals surface area (Å²) in [6.45, 7) is 10.1. The number of hydrogen-bond donors (Lipinski definition) is 0. The molecule has 5 heteroatoms. The number of aromatic nitrogens is 2. The summed E-state index contributed by atoms with van der Waals surface area (Å²) in [6.07, 6.45) is 3.61. The highest BCUT2D eigenvalue weighted by Crippen LogP contribution is 2.30. The highest BCUT2D eigenvalue weighted by molar-refractivity contribution is 9.10. The molecular weight excluding hydrogens is 364 g/mol. The topological polar surface area (TPSA) is 24.3 Å². The molecule has 1 aromatic carbocycles. The van der Waals surface area contributed by atoms with Crippen molar-refractivity contribution < 1.29 is 0 Å². The Hall–Kier alpha value is -0.910. The lowest BCUT2D eigenvalue weighted by molar-refractivity contribution is 0.182. The Kier molecular flexibility index (Phi) is 5.95. The van der Waals surface area contributed by atoms with E-state index in [9.17, 15) is 0 Å². The van der Waals surface area contributed by atoms with Crippen molar-refractivity contribution in [2.75, 3.05) is 33.2 Å². The first kappa shape index (κ1) is 17.9. The van der Waals surface area contributed by atoms with E-state index < -0.39 is 0 Å². The number of hydrogen-bond acceptors (Lipinski definition) is 3. The molecule has 1 aromatic heterocycles. The highest BCUT2D eigenvalue weighted by Gasteiger charge is 2.26. The van der Waals surface area contributed by atoms with E-state index in [2.05, 4.69) is 69.4 Å². The molecule has 132 valence electrons. The SMILES string of the molecule is CCCC(c1nc2cc(Br)ccc2n1CC)N1CCCN(C)CC1. The molecule has 1 saturated heterocycles. The number of nitrogens with zero attached hydrogens (tertiary/aromatic N) is 4. The molecule has 2 heterocycles. The Morgan fingerprint density at radius 1 is 1.17 bits per heavy atom. The summed E-state index contributed by atoms with van der Waals surface area (Å²) in [5.41, 5.74) is 2.36. The zero-order valence-corrected chi connectivity index (χ0v) is 16.7. The summed E-state index contributed by atoms with van der Waals surface area (Å²) in [5, 5.41) is 0. The number of rotatable bonds is 5. The Morgan fingerprint density at radius 2 is 2.00 bits per heavy atom. The van der Waals surface area contributed by atoms with Crippen LogP contribution in [0.25, 0.3) is 11.0 Å². The summed E-state index contributed by atoms with van der Waals surface area (Å²) >= 11 is 3.58. The normalized spacial score (nSPS) is 18.8. The predicted molar refractivity (Wildman–Crippen MR) is 104 cm³/mol. The Morgan fingerprint density at radius 3 is 2.75 bits per heavy atom. The van der Waals surface area contributed by atoms with E-state index in [0.29, 0.717) is 6.04 Å². The van der Waals surface area contributed by atoms with E-state index in [1.165, 1.54) is 43.7 Å². The summed E-state index contributed by atoms with van der Waals surface area (Å²) < 4.78 is 3.52. The molecule has 1 unspecified atom stereocenters. The van der Waals surface area contributed by atoms with Crippen LogP contribution in [-0.4, -0.2) is 52.6 Å². The molecule has 0 radical (unpaired) electrons. The minimum absolute atomic E-state index is 0.424. The van der Waals surface area contributed by atoms with Crippen LogP contribution in [-0.2, 0) is 6.54 Å². The molecule has 1 atom stereocenters. The van der Waals surface area contributed by atoms with Crippen molar-refractivity contribution in [3.8, 4) is 0 Å². The van der Waals surface area contributed by atoms with Crippen molar-refractivity contribution in [3.05, 3.63) is 28.5 Å². The summed E-state index contributed by atoms with van der Waals surface area (Å²) in [6, 6.07) is 6.88. The summed E-state index contributed by atoms with van der Waals surface area (Å²) in [7, 11) is 2.23. The van der Waals surface area contributed by atoms with E-state index in [0.717, 1.165) is 29.6 Å². The second-order valence-electron chi connectivity index (χ2n) is 6.84. The van der Waals surface area contributed by atoms with Crippen LogP contribution in [0, 0.1) is 0 Å². The number of benzene rings is 1. The van der Waals surface area contributed by atoms with Gasteiger partial charge in [-0.2, -0.15) is 0 Å². The third kappa shape index (κ3) is 3.68. The first-order valence-electron chi connectivity index (χ1n) is 9.22. The van der Waals surface area contributed by atoms with Gasteiger partial charge in [-0.25, -0.2) is 4.98 Å². The second kappa shape index (κ2) is 7.98. The van der Waals surface area contributed by atoms with Gasteiger partial charge in [0, 0.05) is 30.7 Å². The number of halogens is 1. The first-order valence-corrected chi connectivity index (χ1v) is 10.0. The molecule has 0 amide bonds. The monoisotopic (exact) mass is 392 g/mol. The van der Waals surface area contributed by atoms with Gasteiger partial charge >= 0.3 is 0 Å². The van der Waals surface area contributed by atoms with Gasteiger partial charge in [0.2, 0.25) is 0 Å². The number of fused-ring (bicyclic) bond motifs is 1. The highest BCUT2D eigenvalue weighted by atomic mass is 79.9. The molecule has 1 aliphatic heterocycles. The average Bonchev–Trinajstić information content (AvgIpc) is 2.78. The Balaban J connectivity index is 1.99. The van der Waals surface area contributed by atoms with Crippen LogP contribution in [0.4, 0.5) is 0 Å². The van der Waals surface area contributed by atoms with Gasteiger partial charge in [-0.05, 0) is 51.6 Å². The molecule has 0 spiro atoms. The van der Waals surface area contributed by atoms with Gasteiger partial charge in [-0.1, -0.05) is 29.3 Å². The fourth-order valence-corrected chi connectivity index (χ4v) is 4.18. The van der Waals surface area contributed by atoms with Crippen LogP contribution in [0.5, 0.6) is 0 Å². The lowest BCUT2D eigenvalue weighted by atomic mass is 10.1. The van der Waals surface area contributed by atoms with Crippen molar-refractivity contribution in [2.24, 2.45) is 0 Å². The lowest BCUT2D eigenvalue weighted by Gasteiger charge is -2.30. The minimum Gasteiger partial charge on any atom is -0.327 e. The predicted octanol–water partition coefficient (Wildman–Crippen LogP) is 4.30. The van der Waals surface area contributed by atoms with Crippen molar-refractivity contribution in [3.63, 3.8) is 0 Å². The molecule has 0 aliphatic carbocycles. The van der Waals surface area contributed by atoms with Crippen LogP contribution < -0.4 is 0 Å².